The standard InChI is InChI=1S/C23H27N3O2/c1-2-28-19-10-7-17(8-11-19)9-12-22(27)26-15-13-18(14-16-26)23-24-20-5-3-4-6-21(20)25-23/h3-8,10-11,18H,2,9,12-16H2,1H3,(H,24,25). The first kappa shape index (κ1) is 18.5. The Morgan fingerprint density at radius 2 is 1.89 bits per heavy atom. The zero-order valence-corrected chi connectivity index (χ0v) is 16.4. The maximum Gasteiger partial charge on any atom is 0.222 e. The van der Waals surface area contributed by atoms with Gasteiger partial charge >= 0.3 is 0 Å². The quantitative estimate of drug-likeness (QED) is 0.697. The van der Waals surface area contributed by atoms with E-state index in [-0.39, 0.29) is 5.91 Å². The second kappa shape index (κ2) is 8.46. The minimum Gasteiger partial charge on any atom is -0.494 e. The van der Waals surface area contributed by atoms with Gasteiger partial charge in [-0.3, -0.25) is 4.79 Å². The van der Waals surface area contributed by atoms with Crippen LogP contribution in [0.1, 0.15) is 43.5 Å². The van der Waals surface area contributed by atoms with Gasteiger partial charge in [0.25, 0.3) is 0 Å². The van der Waals surface area contributed by atoms with Gasteiger partial charge in [0, 0.05) is 25.4 Å². The molecular weight excluding hydrogens is 350 g/mol. The Morgan fingerprint density at radius 1 is 1.14 bits per heavy atom. The van der Waals surface area contributed by atoms with Crippen LogP contribution in [-0.2, 0) is 11.2 Å². The van der Waals surface area contributed by atoms with Crippen LogP contribution in [0.5, 0.6) is 5.75 Å². The average molecular weight is 377 g/mol. The van der Waals surface area contributed by atoms with Crippen molar-refractivity contribution in [3.63, 3.8) is 0 Å². The predicted octanol–water partition coefficient (Wildman–Crippen LogP) is 4.30. The molecule has 28 heavy (non-hydrogen) atoms. The van der Waals surface area contributed by atoms with Gasteiger partial charge in [-0.05, 0) is 56.0 Å². The molecule has 0 aliphatic carbocycles. The number of imidazole rings is 1. The molecule has 2 aromatic carbocycles. The number of carbonyl (C=O) groups excluding carboxylic acids is 1. The number of hydrogen-bond donors (Lipinski definition) is 1. The van der Waals surface area contributed by atoms with Crippen molar-refractivity contribution in [1.82, 2.24) is 14.9 Å². The molecule has 1 aliphatic rings. The number of H-pyrrole nitrogens is 1. The topological polar surface area (TPSA) is 58.2 Å². The normalized spacial score (nSPS) is 15.1. The maximum atomic E-state index is 12.6. The number of rotatable bonds is 6. The maximum absolute atomic E-state index is 12.6. The highest BCUT2D eigenvalue weighted by atomic mass is 16.5. The summed E-state index contributed by atoms with van der Waals surface area (Å²) in [5.41, 5.74) is 3.28. The summed E-state index contributed by atoms with van der Waals surface area (Å²) in [6.45, 7) is 4.26. The van der Waals surface area contributed by atoms with E-state index >= 15 is 0 Å². The van der Waals surface area contributed by atoms with Gasteiger partial charge in [0.05, 0.1) is 17.6 Å². The summed E-state index contributed by atoms with van der Waals surface area (Å²) >= 11 is 0. The van der Waals surface area contributed by atoms with Crippen molar-refractivity contribution in [2.45, 2.75) is 38.5 Å². The predicted molar refractivity (Wildman–Crippen MR) is 111 cm³/mol. The number of likely N-dealkylation sites (tertiary alicyclic amines) is 1. The van der Waals surface area contributed by atoms with Crippen molar-refractivity contribution in [2.75, 3.05) is 19.7 Å². The Labute approximate surface area is 165 Å². The fraction of sp³-hybridized carbons (Fsp3) is 0.391. The molecule has 0 bridgehead atoms. The van der Waals surface area contributed by atoms with Crippen LogP contribution < -0.4 is 4.74 Å². The van der Waals surface area contributed by atoms with Crippen molar-refractivity contribution in [3.8, 4) is 5.75 Å². The third kappa shape index (κ3) is 4.19. The van der Waals surface area contributed by atoms with E-state index in [9.17, 15) is 4.79 Å². The van der Waals surface area contributed by atoms with Crippen LogP contribution in [0.4, 0.5) is 0 Å². The highest BCUT2D eigenvalue weighted by Crippen LogP contribution is 2.28. The van der Waals surface area contributed by atoms with Crippen molar-refractivity contribution < 1.29 is 9.53 Å². The minimum atomic E-state index is 0.247. The first-order valence-electron chi connectivity index (χ1n) is 10.2. The molecule has 0 unspecified atom stereocenters. The van der Waals surface area contributed by atoms with E-state index < -0.39 is 0 Å². The van der Waals surface area contributed by atoms with Crippen LogP contribution in [-0.4, -0.2) is 40.5 Å². The molecule has 1 fully saturated rings. The zero-order valence-electron chi connectivity index (χ0n) is 16.4. The Morgan fingerprint density at radius 3 is 2.61 bits per heavy atom. The van der Waals surface area contributed by atoms with Crippen LogP contribution in [0.15, 0.2) is 48.5 Å². The van der Waals surface area contributed by atoms with E-state index in [4.69, 9.17) is 9.72 Å². The lowest BCUT2D eigenvalue weighted by Gasteiger charge is -2.31. The molecule has 0 atom stereocenters. The number of carbonyl (C=O) groups is 1. The molecule has 4 rings (SSSR count). The zero-order chi connectivity index (χ0) is 19.3. The Bertz CT molecular complexity index is 891. The van der Waals surface area contributed by atoms with E-state index in [1.165, 1.54) is 5.56 Å². The third-order valence-corrected chi connectivity index (χ3v) is 5.50. The van der Waals surface area contributed by atoms with Gasteiger partial charge in [-0.2, -0.15) is 0 Å². The number of aromatic amines is 1. The molecule has 1 amide bonds. The molecule has 5 heteroatoms. The van der Waals surface area contributed by atoms with Crippen LogP contribution in [0, 0.1) is 0 Å². The summed E-state index contributed by atoms with van der Waals surface area (Å²) in [7, 11) is 0. The van der Waals surface area contributed by atoms with E-state index in [2.05, 4.69) is 11.1 Å². The van der Waals surface area contributed by atoms with Gasteiger partial charge in [0.15, 0.2) is 0 Å². The monoisotopic (exact) mass is 377 g/mol. The van der Waals surface area contributed by atoms with Gasteiger partial charge in [-0.25, -0.2) is 4.98 Å². The van der Waals surface area contributed by atoms with Crippen molar-refractivity contribution in [3.05, 3.63) is 59.9 Å². The summed E-state index contributed by atoms with van der Waals surface area (Å²) in [5.74, 6) is 2.59. The number of amides is 1. The first-order chi connectivity index (χ1) is 13.7. The number of hydrogen-bond acceptors (Lipinski definition) is 3. The van der Waals surface area contributed by atoms with Gasteiger partial charge in [-0.15, -0.1) is 0 Å². The number of nitrogens with zero attached hydrogens (tertiary/aromatic N) is 2. The number of para-hydroxylation sites is 2. The summed E-state index contributed by atoms with van der Waals surface area (Å²) in [6.07, 6.45) is 3.27. The van der Waals surface area contributed by atoms with Gasteiger partial charge in [0.2, 0.25) is 5.91 Å². The number of benzene rings is 2. The number of ether oxygens (including phenoxy) is 1. The third-order valence-electron chi connectivity index (χ3n) is 5.50. The smallest absolute Gasteiger partial charge is 0.222 e. The van der Waals surface area contributed by atoms with Crippen LogP contribution in [0.3, 0.4) is 0 Å². The molecule has 0 radical (unpaired) electrons. The molecule has 1 aliphatic heterocycles. The molecule has 2 heterocycles. The Hall–Kier alpha value is -2.82. The number of nitrogens with one attached hydrogen (secondary N) is 1. The highest BCUT2D eigenvalue weighted by molar-refractivity contribution is 5.77. The van der Waals surface area contributed by atoms with E-state index in [1.54, 1.807) is 0 Å². The summed E-state index contributed by atoms with van der Waals surface area (Å²) < 4.78 is 5.46. The van der Waals surface area contributed by atoms with Crippen LogP contribution in [0.25, 0.3) is 11.0 Å². The lowest BCUT2D eigenvalue weighted by Crippen LogP contribution is -2.38. The van der Waals surface area contributed by atoms with Crippen molar-refractivity contribution in [2.24, 2.45) is 0 Å². The van der Waals surface area contributed by atoms with E-state index in [0.717, 1.165) is 55.0 Å². The number of aromatic nitrogens is 2. The van der Waals surface area contributed by atoms with Crippen molar-refractivity contribution in [1.29, 1.82) is 0 Å². The molecule has 1 N–H and O–H groups in total. The summed E-state index contributed by atoms with van der Waals surface area (Å²) in [5, 5.41) is 0. The average Bonchev–Trinajstić information content (AvgIpc) is 3.18. The fourth-order valence-electron chi connectivity index (χ4n) is 3.90. The van der Waals surface area contributed by atoms with Crippen LogP contribution >= 0.6 is 0 Å². The van der Waals surface area contributed by atoms with Crippen LogP contribution in [0.2, 0.25) is 0 Å². The first-order valence-corrected chi connectivity index (χ1v) is 10.2. The molecule has 1 aromatic heterocycles. The molecule has 1 saturated heterocycles. The SMILES string of the molecule is CCOc1ccc(CCC(=O)N2CCC(c3nc4ccccc4[nH]3)CC2)cc1. The number of aryl methyl sites for hydroxylation is 1. The largest absolute Gasteiger partial charge is 0.494 e. The van der Waals surface area contributed by atoms with E-state index in [1.807, 2.05) is 54.3 Å². The fourth-order valence-corrected chi connectivity index (χ4v) is 3.90. The Kier molecular flexibility index (Phi) is 5.60. The summed E-state index contributed by atoms with van der Waals surface area (Å²) in [6, 6.07) is 16.2. The number of fused-ring (bicyclic) bond motifs is 1. The molecular formula is C23H27N3O2. The Balaban J connectivity index is 1.27. The molecule has 146 valence electrons. The second-order valence-corrected chi connectivity index (χ2v) is 7.37. The highest BCUT2D eigenvalue weighted by Gasteiger charge is 2.25. The molecule has 5 nitrogen and oxygen atoms in total. The van der Waals surface area contributed by atoms with Crippen molar-refractivity contribution >= 4 is 16.9 Å². The van der Waals surface area contributed by atoms with E-state index in [0.29, 0.717) is 18.9 Å². The summed E-state index contributed by atoms with van der Waals surface area (Å²) in [4.78, 5) is 22.8. The number of piperidine rings is 1. The van der Waals surface area contributed by atoms with Gasteiger partial charge in [-0.1, -0.05) is 24.3 Å². The molecule has 0 spiro atoms. The lowest BCUT2D eigenvalue weighted by atomic mass is 9.95. The second-order valence-electron chi connectivity index (χ2n) is 7.37. The van der Waals surface area contributed by atoms with Gasteiger partial charge < -0.3 is 14.6 Å². The minimum absolute atomic E-state index is 0.247. The lowest BCUT2D eigenvalue weighted by molar-refractivity contribution is -0.132. The molecule has 0 saturated carbocycles. The van der Waals surface area contributed by atoms with Gasteiger partial charge in [0.1, 0.15) is 11.6 Å². The molecule has 3 aromatic rings.